The summed E-state index contributed by atoms with van der Waals surface area (Å²) in [5.74, 6) is -0.0776. The molecule has 9 heteroatoms. The van der Waals surface area contributed by atoms with Crippen molar-refractivity contribution in [3.05, 3.63) is 65.2 Å². The molecule has 0 radical (unpaired) electrons. The Labute approximate surface area is 214 Å². The maximum absolute atomic E-state index is 13.2. The van der Waals surface area contributed by atoms with Gasteiger partial charge in [0.2, 0.25) is 21.8 Å². The summed E-state index contributed by atoms with van der Waals surface area (Å²) in [6, 6.07) is 15.7. The first kappa shape index (κ1) is 28.7. The van der Waals surface area contributed by atoms with Crippen LogP contribution >= 0.6 is 11.6 Å². The van der Waals surface area contributed by atoms with Gasteiger partial charge in [-0.1, -0.05) is 55.8 Å². The van der Waals surface area contributed by atoms with Crippen LogP contribution < -0.4 is 9.62 Å². The molecule has 192 valence electrons. The van der Waals surface area contributed by atoms with Gasteiger partial charge in [0.1, 0.15) is 6.04 Å². The Balaban J connectivity index is 2.09. The standard InChI is InChI=1S/C26H36ClN3O4S/c1-20(2)19-28-26(32)21(3)29(18-16-22-9-6-5-7-10-22)25(31)11-8-17-30(35(4,33)34)24-14-12-23(27)13-15-24/h5-7,9-10,12-15,20-21H,8,11,16-19H2,1-4H3,(H,28,32). The number of amides is 2. The lowest BCUT2D eigenvalue weighted by atomic mass is 10.1. The van der Waals surface area contributed by atoms with Crippen molar-refractivity contribution < 1.29 is 18.0 Å². The lowest BCUT2D eigenvalue weighted by Gasteiger charge is -2.29. The molecule has 0 aliphatic heterocycles. The molecule has 0 fully saturated rings. The van der Waals surface area contributed by atoms with Gasteiger partial charge in [0.15, 0.2) is 0 Å². The van der Waals surface area contributed by atoms with Gasteiger partial charge in [0, 0.05) is 31.1 Å². The third-order valence-electron chi connectivity index (χ3n) is 5.60. The molecule has 0 aromatic heterocycles. The SMILES string of the molecule is CC(C)CNC(=O)C(C)N(CCc1ccccc1)C(=O)CCCN(c1ccc(Cl)cc1)S(C)(=O)=O. The minimum absolute atomic E-state index is 0.121. The molecule has 0 aliphatic rings. The van der Waals surface area contributed by atoms with Crippen LogP contribution in [0.1, 0.15) is 39.2 Å². The fraction of sp³-hybridized carbons (Fsp3) is 0.462. The van der Waals surface area contributed by atoms with Crippen molar-refractivity contribution in [1.82, 2.24) is 10.2 Å². The van der Waals surface area contributed by atoms with Gasteiger partial charge >= 0.3 is 0 Å². The first-order valence-corrected chi connectivity index (χ1v) is 14.1. The van der Waals surface area contributed by atoms with Crippen molar-refractivity contribution in [3.63, 3.8) is 0 Å². The fourth-order valence-electron chi connectivity index (χ4n) is 3.63. The highest BCUT2D eigenvalue weighted by Crippen LogP contribution is 2.21. The molecular formula is C26H36ClN3O4S. The molecule has 0 saturated carbocycles. The van der Waals surface area contributed by atoms with Crippen LogP contribution in [-0.2, 0) is 26.0 Å². The van der Waals surface area contributed by atoms with Crippen molar-refractivity contribution in [1.29, 1.82) is 0 Å². The maximum atomic E-state index is 13.2. The number of carbonyl (C=O) groups excluding carboxylic acids is 2. The van der Waals surface area contributed by atoms with E-state index in [1.807, 2.05) is 44.2 Å². The minimum atomic E-state index is -3.54. The van der Waals surface area contributed by atoms with Crippen molar-refractivity contribution in [2.24, 2.45) is 5.92 Å². The van der Waals surface area contributed by atoms with Crippen LogP contribution in [0.15, 0.2) is 54.6 Å². The Morgan fingerprint density at radius 2 is 1.60 bits per heavy atom. The van der Waals surface area contributed by atoms with E-state index >= 15 is 0 Å². The van der Waals surface area contributed by atoms with Crippen molar-refractivity contribution >= 4 is 39.1 Å². The summed E-state index contributed by atoms with van der Waals surface area (Å²) in [6.07, 6.45) is 2.19. The van der Waals surface area contributed by atoms with Gasteiger partial charge in [-0.25, -0.2) is 8.42 Å². The van der Waals surface area contributed by atoms with Gasteiger partial charge in [-0.05, 0) is 55.5 Å². The number of sulfonamides is 1. The second kappa shape index (κ2) is 13.5. The number of carbonyl (C=O) groups is 2. The third-order valence-corrected chi connectivity index (χ3v) is 7.05. The third kappa shape index (κ3) is 9.53. The molecule has 0 spiro atoms. The molecule has 0 bridgehead atoms. The minimum Gasteiger partial charge on any atom is -0.354 e. The number of anilines is 1. The lowest BCUT2D eigenvalue weighted by molar-refractivity contribution is -0.140. The molecular weight excluding hydrogens is 486 g/mol. The van der Waals surface area contributed by atoms with E-state index in [0.717, 1.165) is 11.8 Å². The summed E-state index contributed by atoms with van der Waals surface area (Å²) < 4.78 is 26.0. The van der Waals surface area contributed by atoms with Crippen LogP contribution in [0.25, 0.3) is 0 Å². The van der Waals surface area contributed by atoms with Crippen molar-refractivity contribution in [2.75, 3.05) is 30.2 Å². The van der Waals surface area contributed by atoms with E-state index < -0.39 is 16.1 Å². The number of nitrogens with one attached hydrogen (secondary N) is 1. The molecule has 35 heavy (non-hydrogen) atoms. The average molecular weight is 522 g/mol. The number of benzene rings is 2. The van der Waals surface area contributed by atoms with Crippen LogP contribution in [0.5, 0.6) is 0 Å². The number of rotatable bonds is 13. The van der Waals surface area contributed by atoms with Crippen LogP contribution in [0.2, 0.25) is 5.02 Å². The molecule has 2 amide bonds. The molecule has 2 rings (SSSR count). The zero-order valence-corrected chi connectivity index (χ0v) is 22.5. The summed E-state index contributed by atoms with van der Waals surface area (Å²) in [4.78, 5) is 27.5. The molecule has 1 unspecified atom stereocenters. The first-order valence-electron chi connectivity index (χ1n) is 11.8. The quantitative estimate of drug-likeness (QED) is 0.429. The molecule has 0 aliphatic carbocycles. The lowest BCUT2D eigenvalue weighted by Crippen LogP contribution is -2.49. The molecule has 0 heterocycles. The Kier molecular flexibility index (Phi) is 11.0. The number of hydrogen-bond donors (Lipinski definition) is 1. The van der Waals surface area contributed by atoms with E-state index in [9.17, 15) is 18.0 Å². The molecule has 2 aromatic carbocycles. The Bertz CT molecular complexity index is 1060. The second-order valence-corrected chi connectivity index (χ2v) is 11.4. The summed E-state index contributed by atoms with van der Waals surface area (Å²) in [5.41, 5.74) is 1.57. The summed E-state index contributed by atoms with van der Waals surface area (Å²) in [5, 5.41) is 3.41. The normalized spacial score (nSPS) is 12.3. The van der Waals surface area contributed by atoms with E-state index in [-0.39, 0.29) is 24.8 Å². The zero-order chi connectivity index (χ0) is 26.0. The number of halogens is 1. The summed E-state index contributed by atoms with van der Waals surface area (Å²) in [7, 11) is -3.54. The number of nitrogens with zero attached hydrogens (tertiary/aromatic N) is 2. The van der Waals surface area contributed by atoms with Gasteiger partial charge in [0.25, 0.3) is 0 Å². The average Bonchev–Trinajstić information content (AvgIpc) is 2.81. The highest BCUT2D eigenvalue weighted by molar-refractivity contribution is 7.92. The maximum Gasteiger partial charge on any atom is 0.242 e. The predicted molar refractivity (Wildman–Crippen MR) is 142 cm³/mol. The van der Waals surface area contributed by atoms with E-state index in [4.69, 9.17) is 11.6 Å². The first-order chi connectivity index (χ1) is 16.5. The Morgan fingerprint density at radius 1 is 0.971 bits per heavy atom. The largest absolute Gasteiger partial charge is 0.354 e. The fourth-order valence-corrected chi connectivity index (χ4v) is 4.73. The van der Waals surface area contributed by atoms with Gasteiger partial charge in [-0.2, -0.15) is 0 Å². The highest BCUT2D eigenvalue weighted by atomic mass is 35.5. The number of hydrogen-bond acceptors (Lipinski definition) is 4. The molecule has 2 aromatic rings. The molecule has 1 atom stereocenters. The monoisotopic (exact) mass is 521 g/mol. The smallest absolute Gasteiger partial charge is 0.242 e. The Hall–Kier alpha value is -2.58. The van der Waals surface area contributed by atoms with Crippen molar-refractivity contribution in [3.8, 4) is 0 Å². The molecule has 7 nitrogen and oxygen atoms in total. The van der Waals surface area contributed by atoms with Crippen molar-refractivity contribution in [2.45, 2.75) is 46.1 Å². The van der Waals surface area contributed by atoms with Gasteiger partial charge in [0.05, 0.1) is 11.9 Å². The Morgan fingerprint density at radius 3 is 2.17 bits per heavy atom. The van der Waals surface area contributed by atoms with Gasteiger partial charge in [-0.3, -0.25) is 13.9 Å². The molecule has 0 saturated heterocycles. The molecule has 1 N–H and O–H groups in total. The zero-order valence-electron chi connectivity index (χ0n) is 20.9. The van der Waals surface area contributed by atoms with Crippen LogP contribution in [0.4, 0.5) is 5.69 Å². The van der Waals surface area contributed by atoms with Crippen LogP contribution in [-0.4, -0.2) is 57.1 Å². The van der Waals surface area contributed by atoms with E-state index in [2.05, 4.69) is 5.32 Å². The van der Waals surface area contributed by atoms with Gasteiger partial charge in [-0.15, -0.1) is 0 Å². The van der Waals surface area contributed by atoms with E-state index in [1.165, 1.54) is 4.31 Å². The van der Waals surface area contributed by atoms with Crippen LogP contribution in [0, 0.1) is 5.92 Å². The van der Waals surface area contributed by atoms with E-state index in [0.29, 0.717) is 42.6 Å². The van der Waals surface area contributed by atoms with Crippen LogP contribution in [0.3, 0.4) is 0 Å². The van der Waals surface area contributed by atoms with E-state index in [1.54, 1.807) is 36.1 Å². The topological polar surface area (TPSA) is 86.8 Å². The highest BCUT2D eigenvalue weighted by Gasteiger charge is 2.26. The second-order valence-electron chi connectivity index (χ2n) is 9.05. The summed E-state index contributed by atoms with van der Waals surface area (Å²) >= 11 is 5.93. The van der Waals surface area contributed by atoms with Gasteiger partial charge < -0.3 is 10.2 Å². The summed E-state index contributed by atoms with van der Waals surface area (Å²) in [6.45, 7) is 6.83. The predicted octanol–water partition coefficient (Wildman–Crippen LogP) is 4.12.